The molecule has 7 nitrogen and oxygen atoms in total. The molecule has 1 saturated heterocycles. The minimum atomic E-state index is -2.91. The molecular formula is C23H31F2N5O2. The smallest absolute Gasteiger partial charge is 0.387 e. The van der Waals surface area contributed by atoms with Gasteiger partial charge in [-0.25, -0.2) is 4.98 Å². The second kappa shape index (κ2) is 12.1. The van der Waals surface area contributed by atoms with E-state index in [0.717, 1.165) is 30.9 Å². The number of pyridine rings is 1. The van der Waals surface area contributed by atoms with E-state index >= 15 is 0 Å². The third kappa shape index (κ3) is 6.96. The Morgan fingerprint density at radius 1 is 1.16 bits per heavy atom. The lowest BCUT2D eigenvalue weighted by Crippen LogP contribution is -2.36. The molecular weight excluding hydrogens is 416 g/mol. The first-order chi connectivity index (χ1) is 15.6. The monoisotopic (exact) mass is 447 g/mol. The fourth-order valence-electron chi connectivity index (χ4n) is 3.47. The molecule has 2 heterocycles. The quantitative estimate of drug-likeness (QED) is 0.425. The summed E-state index contributed by atoms with van der Waals surface area (Å²) < 4.78 is 36.0. The molecule has 0 amide bonds. The van der Waals surface area contributed by atoms with Gasteiger partial charge in [-0.1, -0.05) is 6.92 Å². The van der Waals surface area contributed by atoms with Gasteiger partial charge in [0.05, 0.1) is 6.61 Å². The predicted octanol–water partition coefficient (Wildman–Crippen LogP) is 3.94. The van der Waals surface area contributed by atoms with Crippen LogP contribution >= 0.6 is 0 Å². The number of hydrogen-bond donors (Lipinski definition) is 2. The maximum Gasteiger partial charge on any atom is 0.387 e. The van der Waals surface area contributed by atoms with E-state index in [2.05, 4.69) is 31.6 Å². The molecule has 2 aromatic rings. The van der Waals surface area contributed by atoms with Gasteiger partial charge in [0.25, 0.3) is 0 Å². The Morgan fingerprint density at radius 2 is 1.94 bits per heavy atom. The van der Waals surface area contributed by atoms with E-state index in [0.29, 0.717) is 30.4 Å². The van der Waals surface area contributed by atoms with Gasteiger partial charge < -0.3 is 25.0 Å². The van der Waals surface area contributed by atoms with Gasteiger partial charge in [-0.3, -0.25) is 4.99 Å². The first-order valence-electron chi connectivity index (χ1n) is 10.9. The van der Waals surface area contributed by atoms with Crippen LogP contribution in [0.2, 0.25) is 0 Å². The summed E-state index contributed by atoms with van der Waals surface area (Å²) in [5.41, 5.74) is 1.67. The molecule has 3 rings (SSSR count). The lowest BCUT2D eigenvalue weighted by Gasteiger charge is -2.18. The molecule has 0 bridgehead atoms. The molecule has 1 aliphatic rings. The highest BCUT2D eigenvalue weighted by Crippen LogP contribution is 2.26. The van der Waals surface area contributed by atoms with Crippen molar-refractivity contribution in [3.63, 3.8) is 0 Å². The van der Waals surface area contributed by atoms with Gasteiger partial charge in [0.15, 0.2) is 5.96 Å². The maximum absolute atomic E-state index is 12.9. The zero-order valence-corrected chi connectivity index (χ0v) is 18.6. The van der Waals surface area contributed by atoms with E-state index in [9.17, 15) is 8.78 Å². The Bertz CT molecular complexity index is 888. The summed E-state index contributed by atoms with van der Waals surface area (Å²) in [7, 11) is 1.66. The SMILES string of the molecule is CCCOc1ccc(CNC(=NC)NCc2ccnc(N3CCCC3)c2)c(OC(F)F)c1. The van der Waals surface area contributed by atoms with Crippen molar-refractivity contribution in [3.05, 3.63) is 47.7 Å². The molecule has 1 aromatic heterocycles. The van der Waals surface area contributed by atoms with Gasteiger partial charge in [0, 0.05) is 51.1 Å². The third-order valence-corrected chi connectivity index (χ3v) is 5.10. The van der Waals surface area contributed by atoms with Crippen LogP contribution in [0.25, 0.3) is 0 Å². The molecule has 1 aromatic carbocycles. The van der Waals surface area contributed by atoms with Crippen LogP contribution in [0.15, 0.2) is 41.5 Å². The Hall–Kier alpha value is -3.10. The summed E-state index contributed by atoms with van der Waals surface area (Å²) in [5.74, 6) is 2.13. The van der Waals surface area contributed by atoms with Crippen LogP contribution in [0, 0.1) is 0 Å². The average Bonchev–Trinajstić information content (AvgIpc) is 3.33. The standard InChI is InChI=1S/C23H31F2N5O2/c1-3-12-31-19-7-6-18(20(14-19)32-22(24)25)16-29-23(26-2)28-15-17-8-9-27-21(13-17)30-10-4-5-11-30/h6-9,13-14,22H,3-5,10-12,15-16H2,1-2H3,(H2,26,28,29). The first-order valence-corrected chi connectivity index (χ1v) is 10.9. The van der Waals surface area contributed by atoms with Crippen LogP contribution in [0.5, 0.6) is 11.5 Å². The molecule has 0 aliphatic carbocycles. The highest BCUT2D eigenvalue weighted by atomic mass is 19.3. The average molecular weight is 448 g/mol. The number of benzene rings is 1. The fourth-order valence-corrected chi connectivity index (χ4v) is 3.47. The molecule has 2 N–H and O–H groups in total. The molecule has 0 saturated carbocycles. The summed E-state index contributed by atoms with van der Waals surface area (Å²) in [6, 6.07) is 9.00. The molecule has 0 atom stereocenters. The van der Waals surface area contributed by atoms with E-state index in [1.54, 1.807) is 19.2 Å². The van der Waals surface area contributed by atoms with Gasteiger partial charge in [0.2, 0.25) is 0 Å². The molecule has 0 spiro atoms. The third-order valence-electron chi connectivity index (χ3n) is 5.10. The highest BCUT2D eigenvalue weighted by molar-refractivity contribution is 5.79. The van der Waals surface area contributed by atoms with Crippen LogP contribution < -0.4 is 25.0 Å². The van der Waals surface area contributed by atoms with Crippen molar-refractivity contribution in [2.75, 3.05) is 31.6 Å². The van der Waals surface area contributed by atoms with Crippen LogP contribution in [0.3, 0.4) is 0 Å². The molecule has 0 unspecified atom stereocenters. The minimum Gasteiger partial charge on any atom is -0.493 e. The van der Waals surface area contributed by atoms with E-state index in [1.807, 2.05) is 19.2 Å². The highest BCUT2D eigenvalue weighted by Gasteiger charge is 2.14. The Morgan fingerprint density at radius 3 is 2.66 bits per heavy atom. The number of ether oxygens (including phenoxy) is 2. The van der Waals surface area contributed by atoms with Gasteiger partial charge in [-0.15, -0.1) is 0 Å². The number of nitrogens with one attached hydrogen (secondary N) is 2. The van der Waals surface area contributed by atoms with Crippen molar-refractivity contribution in [3.8, 4) is 11.5 Å². The number of anilines is 1. The van der Waals surface area contributed by atoms with Crippen LogP contribution in [0.1, 0.15) is 37.3 Å². The molecule has 174 valence electrons. The van der Waals surface area contributed by atoms with Crippen molar-refractivity contribution in [1.29, 1.82) is 0 Å². The lowest BCUT2D eigenvalue weighted by atomic mass is 10.2. The summed E-state index contributed by atoms with van der Waals surface area (Å²) in [4.78, 5) is 11.0. The topological polar surface area (TPSA) is 71.0 Å². The van der Waals surface area contributed by atoms with E-state index < -0.39 is 6.61 Å². The molecule has 32 heavy (non-hydrogen) atoms. The van der Waals surface area contributed by atoms with Crippen molar-refractivity contribution in [2.24, 2.45) is 4.99 Å². The molecule has 1 aliphatic heterocycles. The van der Waals surface area contributed by atoms with Crippen molar-refractivity contribution >= 4 is 11.8 Å². The van der Waals surface area contributed by atoms with E-state index in [4.69, 9.17) is 9.47 Å². The number of nitrogens with zero attached hydrogens (tertiary/aromatic N) is 3. The molecule has 1 fully saturated rings. The first kappa shape index (κ1) is 23.6. The van der Waals surface area contributed by atoms with Crippen molar-refractivity contribution in [1.82, 2.24) is 15.6 Å². The molecule has 0 radical (unpaired) electrons. The summed E-state index contributed by atoms with van der Waals surface area (Å²) >= 11 is 0. The number of halogens is 2. The Labute approximate surface area is 187 Å². The second-order valence-electron chi connectivity index (χ2n) is 7.49. The zero-order chi connectivity index (χ0) is 22.8. The number of hydrogen-bond acceptors (Lipinski definition) is 5. The predicted molar refractivity (Wildman–Crippen MR) is 122 cm³/mol. The Kier molecular flexibility index (Phi) is 8.89. The lowest BCUT2D eigenvalue weighted by molar-refractivity contribution is -0.0505. The Balaban J connectivity index is 1.58. The summed E-state index contributed by atoms with van der Waals surface area (Å²) in [6.45, 7) is 2.49. The van der Waals surface area contributed by atoms with Gasteiger partial charge in [-0.05, 0) is 49.1 Å². The number of aliphatic imine (C=N–C) groups is 1. The van der Waals surface area contributed by atoms with E-state index in [1.165, 1.54) is 18.9 Å². The largest absolute Gasteiger partial charge is 0.493 e. The van der Waals surface area contributed by atoms with Crippen LogP contribution in [-0.2, 0) is 13.1 Å². The van der Waals surface area contributed by atoms with Crippen LogP contribution in [0.4, 0.5) is 14.6 Å². The van der Waals surface area contributed by atoms with Gasteiger partial charge in [-0.2, -0.15) is 8.78 Å². The van der Waals surface area contributed by atoms with Crippen molar-refractivity contribution in [2.45, 2.75) is 45.9 Å². The summed E-state index contributed by atoms with van der Waals surface area (Å²) in [6.07, 6.45) is 5.04. The van der Waals surface area contributed by atoms with Gasteiger partial charge in [0.1, 0.15) is 17.3 Å². The van der Waals surface area contributed by atoms with Crippen molar-refractivity contribution < 1.29 is 18.3 Å². The number of alkyl halides is 2. The maximum atomic E-state index is 12.9. The molecule has 9 heteroatoms. The summed E-state index contributed by atoms with van der Waals surface area (Å²) in [5, 5.41) is 6.40. The van der Waals surface area contributed by atoms with Gasteiger partial charge >= 0.3 is 6.61 Å². The van der Waals surface area contributed by atoms with E-state index in [-0.39, 0.29) is 12.3 Å². The minimum absolute atomic E-state index is 0.0842. The number of aromatic nitrogens is 1. The number of rotatable bonds is 10. The number of guanidine groups is 1. The fraction of sp³-hybridized carbons (Fsp3) is 0.478. The second-order valence-corrected chi connectivity index (χ2v) is 7.49. The van der Waals surface area contributed by atoms with Crippen LogP contribution in [-0.4, -0.2) is 44.3 Å². The normalized spacial score (nSPS) is 14.0. The zero-order valence-electron chi connectivity index (χ0n) is 18.6.